The number of hydrogen-bond donors (Lipinski definition) is 1. The van der Waals surface area contributed by atoms with E-state index in [1.54, 1.807) is 24.3 Å². The summed E-state index contributed by atoms with van der Waals surface area (Å²) in [7, 11) is 0. The molecule has 240 valence electrons. The van der Waals surface area contributed by atoms with Crippen molar-refractivity contribution >= 4 is 17.6 Å². The minimum atomic E-state index is -2.93. The molecule has 1 saturated heterocycles. The Hall–Kier alpha value is -4.36. The summed E-state index contributed by atoms with van der Waals surface area (Å²) in [5.41, 5.74) is 4.59. The van der Waals surface area contributed by atoms with Gasteiger partial charge in [0.2, 0.25) is 0 Å². The molecule has 1 fully saturated rings. The SMILES string of the molecule is CCC(CC)OC(=O)C(c1ccccc1)N1CCC(c2ccc(NC(=O)c3ccccc3-c3ccc(C(C)(F)F)cc3)cc2)CC1. The molecule has 1 amide bonds. The van der Waals surface area contributed by atoms with Gasteiger partial charge in [0, 0.05) is 23.7 Å². The van der Waals surface area contributed by atoms with Gasteiger partial charge in [-0.2, -0.15) is 0 Å². The first kappa shape index (κ1) is 33.0. The van der Waals surface area contributed by atoms with Crippen LogP contribution in [0.1, 0.15) is 85.5 Å². The Morgan fingerprint density at radius 2 is 1.46 bits per heavy atom. The van der Waals surface area contributed by atoms with Gasteiger partial charge in [-0.05, 0) is 85.1 Å². The van der Waals surface area contributed by atoms with Gasteiger partial charge in [0.05, 0.1) is 0 Å². The number of benzene rings is 4. The van der Waals surface area contributed by atoms with Crippen LogP contribution < -0.4 is 5.32 Å². The number of alkyl halides is 2. The van der Waals surface area contributed by atoms with Crippen molar-refractivity contribution in [2.24, 2.45) is 0 Å². The highest BCUT2D eigenvalue weighted by molar-refractivity contribution is 6.08. The first-order chi connectivity index (χ1) is 22.2. The first-order valence-electron chi connectivity index (χ1n) is 16.2. The molecule has 1 heterocycles. The van der Waals surface area contributed by atoms with E-state index in [9.17, 15) is 18.4 Å². The molecule has 1 unspecified atom stereocenters. The van der Waals surface area contributed by atoms with Gasteiger partial charge in [-0.25, -0.2) is 13.6 Å². The lowest BCUT2D eigenvalue weighted by Crippen LogP contribution is -2.41. The van der Waals surface area contributed by atoms with E-state index in [4.69, 9.17) is 4.74 Å². The Labute approximate surface area is 270 Å². The van der Waals surface area contributed by atoms with E-state index in [1.807, 2.05) is 68.4 Å². The van der Waals surface area contributed by atoms with Gasteiger partial charge in [0.1, 0.15) is 12.1 Å². The molecule has 4 aromatic rings. The number of ether oxygens (including phenoxy) is 1. The zero-order valence-corrected chi connectivity index (χ0v) is 26.7. The van der Waals surface area contributed by atoms with Crippen LogP contribution in [-0.4, -0.2) is 36.0 Å². The van der Waals surface area contributed by atoms with Crippen LogP contribution in [0.4, 0.5) is 14.5 Å². The molecule has 0 bridgehead atoms. The number of rotatable bonds is 11. The summed E-state index contributed by atoms with van der Waals surface area (Å²) in [5, 5.41) is 2.99. The quantitative estimate of drug-likeness (QED) is 0.169. The maximum absolute atomic E-state index is 13.7. The van der Waals surface area contributed by atoms with Crippen LogP contribution in [0.5, 0.6) is 0 Å². The molecule has 0 saturated carbocycles. The largest absolute Gasteiger partial charge is 0.461 e. The second-order valence-electron chi connectivity index (χ2n) is 12.1. The van der Waals surface area contributed by atoms with Crippen molar-refractivity contribution in [1.29, 1.82) is 0 Å². The normalized spacial score (nSPS) is 15.0. The van der Waals surface area contributed by atoms with Gasteiger partial charge in [-0.1, -0.05) is 98.8 Å². The van der Waals surface area contributed by atoms with Crippen molar-refractivity contribution in [2.45, 2.75) is 70.4 Å². The van der Waals surface area contributed by atoms with Gasteiger partial charge < -0.3 is 10.1 Å². The summed E-state index contributed by atoms with van der Waals surface area (Å²) < 4.78 is 33.3. The monoisotopic (exact) mass is 624 g/mol. The van der Waals surface area contributed by atoms with Crippen molar-refractivity contribution < 1.29 is 23.1 Å². The second kappa shape index (κ2) is 14.8. The third kappa shape index (κ3) is 7.88. The molecule has 0 radical (unpaired) electrons. The maximum atomic E-state index is 13.7. The topological polar surface area (TPSA) is 58.6 Å². The molecule has 0 aromatic heterocycles. The van der Waals surface area contributed by atoms with Crippen LogP contribution in [0.2, 0.25) is 0 Å². The molecular weight excluding hydrogens is 582 g/mol. The lowest BCUT2D eigenvalue weighted by Gasteiger charge is -2.37. The Morgan fingerprint density at radius 1 is 0.848 bits per heavy atom. The lowest BCUT2D eigenvalue weighted by atomic mass is 9.88. The van der Waals surface area contributed by atoms with E-state index in [1.165, 1.54) is 17.7 Å². The third-order valence-electron chi connectivity index (χ3n) is 8.94. The molecule has 4 aromatic carbocycles. The predicted octanol–water partition coefficient (Wildman–Crippen LogP) is 9.37. The average Bonchev–Trinajstić information content (AvgIpc) is 3.08. The van der Waals surface area contributed by atoms with Crippen LogP contribution in [0.3, 0.4) is 0 Å². The smallest absolute Gasteiger partial charge is 0.328 e. The fourth-order valence-corrected chi connectivity index (χ4v) is 6.22. The molecule has 5 rings (SSSR count). The van der Waals surface area contributed by atoms with Crippen LogP contribution in [0, 0.1) is 0 Å². The zero-order valence-electron chi connectivity index (χ0n) is 26.7. The summed E-state index contributed by atoms with van der Waals surface area (Å²) >= 11 is 0. The van der Waals surface area contributed by atoms with Crippen molar-refractivity contribution in [2.75, 3.05) is 18.4 Å². The number of anilines is 1. The number of nitrogens with zero attached hydrogens (tertiary/aromatic N) is 1. The fraction of sp³-hybridized carbons (Fsp3) is 0.333. The number of halogens is 2. The number of piperidine rings is 1. The summed E-state index contributed by atoms with van der Waals surface area (Å²) in [5.74, 6) is -3.04. The molecule has 1 atom stereocenters. The minimum absolute atomic E-state index is 0.0699. The van der Waals surface area contributed by atoms with Crippen LogP contribution >= 0.6 is 0 Å². The van der Waals surface area contributed by atoms with Gasteiger partial charge in [0.15, 0.2) is 0 Å². The Bertz CT molecular complexity index is 1590. The number of likely N-dealkylation sites (tertiary alicyclic amines) is 1. The van der Waals surface area contributed by atoms with E-state index < -0.39 is 12.0 Å². The molecule has 1 N–H and O–H groups in total. The molecule has 0 aliphatic carbocycles. The average molecular weight is 625 g/mol. The van der Waals surface area contributed by atoms with Crippen LogP contribution in [0.25, 0.3) is 11.1 Å². The summed E-state index contributed by atoms with van der Waals surface area (Å²) in [6.07, 6.45) is 3.33. The summed E-state index contributed by atoms with van der Waals surface area (Å²) in [6, 6.07) is 30.6. The second-order valence-corrected chi connectivity index (χ2v) is 12.1. The third-order valence-corrected chi connectivity index (χ3v) is 8.94. The number of esters is 1. The first-order valence-corrected chi connectivity index (χ1v) is 16.2. The molecule has 7 heteroatoms. The predicted molar refractivity (Wildman–Crippen MR) is 179 cm³/mol. The van der Waals surface area contributed by atoms with Crippen molar-refractivity contribution in [3.8, 4) is 11.1 Å². The highest BCUT2D eigenvalue weighted by atomic mass is 19.3. The minimum Gasteiger partial charge on any atom is -0.461 e. The van der Waals surface area contributed by atoms with Gasteiger partial charge in [-0.3, -0.25) is 9.69 Å². The van der Waals surface area contributed by atoms with Gasteiger partial charge in [-0.15, -0.1) is 0 Å². The van der Waals surface area contributed by atoms with Crippen molar-refractivity contribution in [1.82, 2.24) is 4.90 Å². The molecule has 0 spiro atoms. The van der Waals surface area contributed by atoms with Gasteiger partial charge >= 0.3 is 5.97 Å². The fourth-order valence-electron chi connectivity index (χ4n) is 6.22. The molecule has 1 aliphatic rings. The maximum Gasteiger partial charge on any atom is 0.328 e. The number of nitrogens with one attached hydrogen (secondary N) is 1. The zero-order chi connectivity index (χ0) is 32.7. The highest BCUT2D eigenvalue weighted by Crippen LogP contribution is 2.35. The summed E-state index contributed by atoms with van der Waals surface area (Å²) in [6.45, 7) is 6.50. The van der Waals surface area contributed by atoms with E-state index in [0.717, 1.165) is 51.3 Å². The van der Waals surface area contributed by atoms with Gasteiger partial charge in [0.25, 0.3) is 11.8 Å². The highest BCUT2D eigenvalue weighted by Gasteiger charge is 2.33. The molecule has 5 nitrogen and oxygen atoms in total. The van der Waals surface area contributed by atoms with E-state index >= 15 is 0 Å². The van der Waals surface area contributed by atoms with E-state index in [2.05, 4.69) is 22.3 Å². The number of carbonyl (C=O) groups is 2. The Kier molecular flexibility index (Phi) is 10.6. The van der Waals surface area contributed by atoms with Crippen LogP contribution in [-0.2, 0) is 15.5 Å². The van der Waals surface area contributed by atoms with E-state index in [0.29, 0.717) is 28.3 Å². The van der Waals surface area contributed by atoms with Crippen molar-refractivity contribution in [3.63, 3.8) is 0 Å². The molecular formula is C39H42F2N2O3. The van der Waals surface area contributed by atoms with Crippen molar-refractivity contribution in [3.05, 3.63) is 125 Å². The number of carbonyl (C=O) groups excluding carboxylic acids is 2. The Balaban J connectivity index is 1.23. The summed E-state index contributed by atoms with van der Waals surface area (Å²) in [4.78, 5) is 28.9. The number of hydrogen-bond acceptors (Lipinski definition) is 4. The molecule has 46 heavy (non-hydrogen) atoms. The Morgan fingerprint density at radius 3 is 2.07 bits per heavy atom. The lowest BCUT2D eigenvalue weighted by molar-refractivity contribution is -0.156. The van der Waals surface area contributed by atoms with E-state index in [-0.39, 0.29) is 23.5 Å². The standard InChI is InChI=1S/C39H42F2N2O3/c1-4-33(5-2)46-38(45)36(30-11-7-6-8-12-30)43-25-23-28(24-26-43)27-17-21-32(22-18-27)42-37(44)35-14-10-9-13-34(35)29-15-19-31(20-16-29)39(3,40)41/h6-22,28,33,36H,4-5,23-26H2,1-3H3,(H,42,44). The van der Waals surface area contributed by atoms with Crippen LogP contribution in [0.15, 0.2) is 103 Å². The number of amides is 1. The molecule has 1 aliphatic heterocycles.